The third-order valence-corrected chi connectivity index (χ3v) is 4.41. The van der Waals surface area contributed by atoms with Gasteiger partial charge in [-0.1, -0.05) is 17.7 Å². The number of carbonyl (C=O) groups excluding carboxylic acids is 1. The lowest BCUT2D eigenvalue weighted by Crippen LogP contribution is -2.15. The summed E-state index contributed by atoms with van der Waals surface area (Å²) >= 11 is 6.08. The van der Waals surface area contributed by atoms with Gasteiger partial charge in [0.15, 0.2) is 0 Å². The zero-order valence-corrected chi connectivity index (χ0v) is 17.0. The summed E-state index contributed by atoms with van der Waals surface area (Å²) in [5.74, 6) is 0.734. The third kappa shape index (κ3) is 4.78. The Kier molecular flexibility index (Phi) is 5.80. The fourth-order valence-electron chi connectivity index (χ4n) is 2.65. The van der Waals surface area contributed by atoms with E-state index < -0.39 is 0 Å². The first kappa shape index (κ1) is 19.6. The van der Waals surface area contributed by atoms with Crippen molar-refractivity contribution in [3.8, 4) is 0 Å². The second kappa shape index (κ2) is 8.27. The van der Waals surface area contributed by atoms with E-state index in [1.165, 1.54) is 0 Å². The first-order valence-electron chi connectivity index (χ1n) is 8.79. The Morgan fingerprint density at radius 1 is 1.00 bits per heavy atom. The van der Waals surface area contributed by atoms with Crippen molar-refractivity contribution in [3.63, 3.8) is 0 Å². The molecule has 1 aromatic heterocycles. The smallest absolute Gasteiger partial charge is 0.274 e. The van der Waals surface area contributed by atoms with Crippen molar-refractivity contribution in [1.82, 2.24) is 9.97 Å². The van der Waals surface area contributed by atoms with E-state index in [0.29, 0.717) is 22.4 Å². The fourth-order valence-corrected chi connectivity index (χ4v) is 2.83. The van der Waals surface area contributed by atoms with Gasteiger partial charge in [0.1, 0.15) is 17.3 Å². The van der Waals surface area contributed by atoms with Crippen LogP contribution < -0.4 is 15.5 Å². The molecule has 3 aromatic rings. The maximum absolute atomic E-state index is 12.7. The van der Waals surface area contributed by atoms with E-state index in [1.807, 2.05) is 68.4 Å². The van der Waals surface area contributed by atoms with Crippen molar-refractivity contribution < 1.29 is 4.79 Å². The van der Waals surface area contributed by atoms with Crippen molar-refractivity contribution in [3.05, 3.63) is 70.6 Å². The Hall–Kier alpha value is -3.12. The van der Waals surface area contributed by atoms with Gasteiger partial charge in [0, 0.05) is 42.2 Å². The maximum Gasteiger partial charge on any atom is 0.274 e. The molecule has 0 saturated heterocycles. The topological polar surface area (TPSA) is 70.2 Å². The van der Waals surface area contributed by atoms with Gasteiger partial charge in [0.2, 0.25) is 0 Å². The van der Waals surface area contributed by atoms with Crippen LogP contribution in [0.3, 0.4) is 0 Å². The number of carbonyl (C=O) groups is 1. The van der Waals surface area contributed by atoms with Crippen LogP contribution in [0.25, 0.3) is 0 Å². The van der Waals surface area contributed by atoms with Gasteiger partial charge in [-0.25, -0.2) is 9.97 Å². The lowest BCUT2D eigenvalue weighted by Gasteiger charge is -2.13. The largest absolute Gasteiger partial charge is 0.378 e. The highest BCUT2D eigenvalue weighted by atomic mass is 35.5. The summed E-state index contributed by atoms with van der Waals surface area (Å²) in [4.78, 5) is 23.3. The number of amides is 1. The Labute approximate surface area is 169 Å². The van der Waals surface area contributed by atoms with Gasteiger partial charge in [-0.3, -0.25) is 4.79 Å². The van der Waals surface area contributed by atoms with E-state index in [2.05, 4.69) is 20.6 Å². The van der Waals surface area contributed by atoms with Crippen LogP contribution in [0.5, 0.6) is 0 Å². The second-order valence-electron chi connectivity index (χ2n) is 6.67. The monoisotopic (exact) mass is 395 g/mol. The van der Waals surface area contributed by atoms with Gasteiger partial charge < -0.3 is 15.5 Å². The molecule has 0 atom stereocenters. The minimum absolute atomic E-state index is 0.284. The van der Waals surface area contributed by atoms with Gasteiger partial charge in [0.25, 0.3) is 5.91 Å². The number of nitrogens with zero attached hydrogens (tertiary/aromatic N) is 3. The highest BCUT2D eigenvalue weighted by Crippen LogP contribution is 2.24. The molecule has 0 spiro atoms. The molecule has 0 bridgehead atoms. The molecule has 0 aliphatic carbocycles. The van der Waals surface area contributed by atoms with E-state index in [0.717, 1.165) is 16.9 Å². The molecule has 2 aromatic carbocycles. The van der Waals surface area contributed by atoms with Crippen LogP contribution in [0, 0.1) is 13.8 Å². The van der Waals surface area contributed by atoms with Gasteiger partial charge in [-0.15, -0.1) is 0 Å². The summed E-state index contributed by atoms with van der Waals surface area (Å²) in [7, 11) is 3.93. The standard InChI is InChI=1S/C21H22ClN5O/c1-13-5-6-15(22)11-18(13)26-20-12-19(23-14(2)24-20)21(28)25-16-7-9-17(10-8-16)27(3)4/h5-12H,1-4H3,(H,25,28)(H,23,24,26). The van der Waals surface area contributed by atoms with Gasteiger partial charge in [-0.05, 0) is 55.8 Å². The zero-order chi connectivity index (χ0) is 20.3. The normalized spacial score (nSPS) is 10.5. The van der Waals surface area contributed by atoms with Crippen molar-refractivity contribution in [2.75, 3.05) is 29.6 Å². The van der Waals surface area contributed by atoms with E-state index in [1.54, 1.807) is 13.0 Å². The Morgan fingerprint density at radius 2 is 1.71 bits per heavy atom. The van der Waals surface area contributed by atoms with Crippen molar-refractivity contribution in [2.24, 2.45) is 0 Å². The van der Waals surface area contributed by atoms with Crippen LogP contribution in [0.1, 0.15) is 21.9 Å². The molecule has 28 heavy (non-hydrogen) atoms. The average Bonchev–Trinajstić information content (AvgIpc) is 2.64. The third-order valence-electron chi connectivity index (χ3n) is 4.17. The zero-order valence-electron chi connectivity index (χ0n) is 16.2. The quantitative estimate of drug-likeness (QED) is 0.648. The SMILES string of the molecule is Cc1nc(Nc2cc(Cl)ccc2C)cc(C(=O)Nc2ccc(N(C)C)cc2)n1. The lowest BCUT2D eigenvalue weighted by atomic mass is 10.2. The predicted molar refractivity (Wildman–Crippen MR) is 115 cm³/mol. The molecule has 1 amide bonds. The molecule has 1 heterocycles. The molecular weight excluding hydrogens is 374 g/mol. The molecular formula is C21H22ClN5O. The number of nitrogens with one attached hydrogen (secondary N) is 2. The molecule has 0 aliphatic rings. The van der Waals surface area contributed by atoms with Gasteiger partial charge >= 0.3 is 0 Å². The summed E-state index contributed by atoms with van der Waals surface area (Å²) < 4.78 is 0. The van der Waals surface area contributed by atoms with E-state index in [9.17, 15) is 4.79 Å². The molecule has 7 heteroatoms. The van der Waals surface area contributed by atoms with E-state index >= 15 is 0 Å². The number of aryl methyl sites for hydroxylation is 2. The summed E-state index contributed by atoms with van der Waals surface area (Å²) in [6.07, 6.45) is 0. The van der Waals surface area contributed by atoms with Crippen molar-refractivity contribution >= 4 is 40.4 Å². The number of benzene rings is 2. The molecule has 0 fully saturated rings. The van der Waals surface area contributed by atoms with Crippen LogP contribution in [0.2, 0.25) is 5.02 Å². The summed E-state index contributed by atoms with van der Waals surface area (Å²) in [6.45, 7) is 3.72. The second-order valence-corrected chi connectivity index (χ2v) is 7.10. The highest BCUT2D eigenvalue weighted by molar-refractivity contribution is 6.30. The average molecular weight is 396 g/mol. The van der Waals surface area contributed by atoms with Crippen molar-refractivity contribution in [2.45, 2.75) is 13.8 Å². The highest BCUT2D eigenvalue weighted by Gasteiger charge is 2.12. The summed E-state index contributed by atoms with van der Waals surface area (Å²) in [5.41, 5.74) is 3.89. The number of aromatic nitrogens is 2. The number of hydrogen-bond acceptors (Lipinski definition) is 5. The molecule has 0 radical (unpaired) electrons. The predicted octanol–water partition coefficient (Wildman–Crippen LogP) is 4.81. The number of anilines is 4. The van der Waals surface area contributed by atoms with Crippen LogP contribution in [-0.4, -0.2) is 30.0 Å². The number of rotatable bonds is 5. The van der Waals surface area contributed by atoms with Crippen molar-refractivity contribution in [1.29, 1.82) is 0 Å². The van der Waals surface area contributed by atoms with Gasteiger partial charge in [0.05, 0.1) is 0 Å². The molecule has 2 N–H and O–H groups in total. The molecule has 3 rings (SSSR count). The number of halogens is 1. The molecule has 0 unspecified atom stereocenters. The minimum Gasteiger partial charge on any atom is -0.378 e. The van der Waals surface area contributed by atoms with Crippen LogP contribution >= 0.6 is 11.6 Å². The minimum atomic E-state index is -0.297. The maximum atomic E-state index is 12.7. The molecule has 0 saturated carbocycles. The van der Waals surface area contributed by atoms with E-state index in [-0.39, 0.29) is 11.6 Å². The lowest BCUT2D eigenvalue weighted by molar-refractivity contribution is 0.102. The summed E-state index contributed by atoms with van der Waals surface area (Å²) in [5, 5.41) is 6.70. The first-order valence-corrected chi connectivity index (χ1v) is 9.17. The van der Waals surface area contributed by atoms with Crippen LogP contribution in [0.4, 0.5) is 22.9 Å². The summed E-state index contributed by atoms with van der Waals surface area (Å²) in [6, 6.07) is 14.8. The molecule has 0 aliphatic heterocycles. The molecule has 144 valence electrons. The molecule has 6 nitrogen and oxygen atoms in total. The fraction of sp³-hybridized carbons (Fsp3) is 0.190. The van der Waals surface area contributed by atoms with E-state index in [4.69, 9.17) is 11.6 Å². The Morgan fingerprint density at radius 3 is 2.39 bits per heavy atom. The van der Waals surface area contributed by atoms with Crippen LogP contribution in [-0.2, 0) is 0 Å². The van der Waals surface area contributed by atoms with Crippen LogP contribution in [0.15, 0.2) is 48.5 Å². The Bertz CT molecular complexity index is 1000. The Balaban J connectivity index is 1.80. The number of hydrogen-bond donors (Lipinski definition) is 2. The first-order chi connectivity index (χ1) is 13.3. The van der Waals surface area contributed by atoms with Gasteiger partial charge in [-0.2, -0.15) is 0 Å².